The van der Waals surface area contributed by atoms with Crippen LogP contribution in [0.3, 0.4) is 0 Å². The van der Waals surface area contributed by atoms with Gasteiger partial charge in [-0.05, 0) is 38.3 Å². The van der Waals surface area contributed by atoms with Gasteiger partial charge in [0.05, 0.1) is 5.56 Å². The average Bonchev–Trinajstić information content (AvgIpc) is 2.48. The van der Waals surface area contributed by atoms with E-state index in [-0.39, 0.29) is 11.9 Å². The summed E-state index contributed by atoms with van der Waals surface area (Å²) in [5, 5.41) is 3.05. The number of aromatic nitrogens is 1. The maximum Gasteiger partial charge on any atom is 0.250 e. The largest absolute Gasteiger partial charge is 0.366 e. The van der Waals surface area contributed by atoms with Crippen LogP contribution in [0.5, 0.6) is 0 Å². The zero-order chi connectivity index (χ0) is 14.5. The molecule has 0 aromatic carbocycles. The summed E-state index contributed by atoms with van der Waals surface area (Å²) in [4.78, 5) is 29.2. The Morgan fingerprint density at radius 2 is 2.00 bits per heavy atom. The normalized spacial score (nSPS) is 16.6. The lowest BCUT2D eigenvalue weighted by Gasteiger charge is -2.29. The van der Waals surface area contributed by atoms with Gasteiger partial charge in [-0.15, -0.1) is 0 Å². The Labute approximate surface area is 118 Å². The molecule has 0 radical (unpaired) electrons. The standard InChI is InChI=1S/C14H20N4O2/c1-10(14(20)18-7-3-2-4-8-18)17-12-6-5-11(9-16-12)13(15)19/h5-6,9-10H,2-4,7-8H2,1H3,(H2,15,19)(H,16,17). The van der Waals surface area contributed by atoms with Gasteiger partial charge in [0.1, 0.15) is 11.9 Å². The van der Waals surface area contributed by atoms with E-state index in [0.29, 0.717) is 11.4 Å². The molecule has 6 heteroatoms. The van der Waals surface area contributed by atoms with Gasteiger partial charge in [0.2, 0.25) is 11.8 Å². The maximum atomic E-state index is 12.2. The molecule has 20 heavy (non-hydrogen) atoms. The molecular weight excluding hydrogens is 256 g/mol. The lowest BCUT2D eigenvalue weighted by molar-refractivity contribution is -0.132. The third-order valence-corrected chi connectivity index (χ3v) is 3.45. The molecule has 1 aliphatic heterocycles. The molecule has 3 N–H and O–H groups in total. The van der Waals surface area contributed by atoms with Crippen LogP contribution in [-0.2, 0) is 4.79 Å². The molecule has 0 aliphatic carbocycles. The van der Waals surface area contributed by atoms with Crippen LogP contribution in [0.2, 0.25) is 0 Å². The number of anilines is 1. The maximum absolute atomic E-state index is 12.2. The molecule has 2 amide bonds. The van der Waals surface area contributed by atoms with Gasteiger partial charge in [0, 0.05) is 19.3 Å². The Bertz CT molecular complexity index is 480. The SMILES string of the molecule is CC(Nc1ccc(C(N)=O)cn1)C(=O)N1CCCCC1. The van der Waals surface area contributed by atoms with Crippen LogP contribution in [0.25, 0.3) is 0 Å². The van der Waals surface area contributed by atoms with Crippen molar-refractivity contribution in [2.24, 2.45) is 5.73 Å². The van der Waals surface area contributed by atoms with Gasteiger partial charge in [-0.2, -0.15) is 0 Å². The highest BCUT2D eigenvalue weighted by Crippen LogP contribution is 2.12. The summed E-state index contributed by atoms with van der Waals surface area (Å²) < 4.78 is 0. The highest BCUT2D eigenvalue weighted by molar-refractivity contribution is 5.92. The molecule has 1 unspecified atom stereocenters. The molecule has 0 bridgehead atoms. The summed E-state index contributed by atoms with van der Waals surface area (Å²) in [5.74, 6) is 0.139. The van der Waals surface area contributed by atoms with Gasteiger partial charge in [-0.1, -0.05) is 0 Å². The summed E-state index contributed by atoms with van der Waals surface area (Å²) in [5.41, 5.74) is 5.50. The fourth-order valence-electron chi connectivity index (χ4n) is 2.30. The molecule has 1 saturated heterocycles. The minimum absolute atomic E-state index is 0.0884. The van der Waals surface area contributed by atoms with Crippen LogP contribution >= 0.6 is 0 Å². The minimum atomic E-state index is -0.513. The number of pyridine rings is 1. The summed E-state index contributed by atoms with van der Waals surface area (Å²) in [7, 11) is 0. The Balaban J connectivity index is 1.94. The summed E-state index contributed by atoms with van der Waals surface area (Å²) >= 11 is 0. The van der Waals surface area contributed by atoms with E-state index in [2.05, 4.69) is 10.3 Å². The molecule has 2 rings (SSSR count). The van der Waals surface area contributed by atoms with Gasteiger partial charge in [0.15, 0.2) is 0 Å². The molecule has 1 aliphatic rings. The molecule has 1 fully saturated rings. The number of hydrogen-bond acceptors (Lipinski definition) is 4. The second-order valence-corrected chi connectivity index (χ2v) is 5.05. The average molecular weight is 276 g/mol. The van der Waals surface area contributed by atoms with Gasteiger partial charge in [-0.25, -0.2) is 4.98 Å². The topological polar surface area (TPSA) is 88.3 Å². The lowest BCUT2D eigenvalue weighted by atomic mass is 10.1. The highest BCUT2D eigenvalue weighted by Gasteiger charge is 2.22. The zero-order valence-electron chi connectivity index (χ0n) is 11.6. The number of hydrogen-bond donors (Lipinski definition) is 2. The van der Waals surface area contributed by atoms with Crippen LogP contribution in [0.15, 0.2) is 18.3 Å². The van der Waals surface area contributed by atoms with E-state index in [1.54, 1.807) is 12.1 Å². The first-order chi connectivity index (χ1) is 9.58. The smallest absolute Gasteiger partial charge is 0.250 e. The molecule has 1 atom stereocenters. The van der Waals surface area contributed by atoms with Crippen molar-refractivity contribution in [1.29, 1.82) is 0 Å². The van der Waals surface area contributed by atoms with E-state index in [0.717, 1.165) is 25.9 Å². The van der Waals surface area contributed by atoms with E-state index in [1.165, 1.54) is 12.6 Å². The Morgan fingerprint density at radius 3 is 2.55 bits per heavy atom. The van der Waals surface area contributed by atoms with Crippen molar-refractivity contribution in [2.45, 2.75) is 32.2 Å². The van der Waals surface area contributed by atoms with E-state index >= 15 is 0 Å². The molecular formula is C14H20N4O2. The van der Waals surface area contributed by atoms with Crippen molar-refractivity contribution in [3.8, 4) is 0 Å². The van der Waals surface area contributed by atoms with Gasteiger partial charge >= 0.3 is 0 Å². The molecule has 1 aromatic rings. The van der Waals surface area contributed by atoms with Crippen LogP contribution in [0, 0.1) is 0 Å². The first-order valence-corrected chi connectivity index (χ1v) is 6.89. The Kier molecular flexibility index (Phi) is 4.55. The lowest BCUT2D eigenvalue weighted by Crippen LogP contribution is -2.44. The fraction of sp³-hybridized carbons (Fsp3) is 0.500. The molecule has 108 valence electrons. The molecule has 1 aromatic heterocycles. The van der Waals surface area contributed by atoms with Gasteiger partial charge in [0.25, 0.3) is 0 Å². The number of carbonyl (C=O) groups is 2. The number of carbonyl (C=O) groups excluding carboxylic acids is 2. The molecule has 2 heterocycles. The van der Waals surface area contributed by atoms with Crippen molar-refractivity contribution < 1.29 is 9.59 Å². The number of rotatable bonds is 4. The summed E-state index contributed by atoms with van der Waals surface area (Å²) in [6.07, 6.45) is 4.75. The number of nitrogens with two attached hydrogens (primary N) is 1. The number of amides is 2. The number of piperidine rings is 1. The van der Waals surface area contributed by atoms with Crippen molar-refractivity contribution in [3.63, 3.8) is 0 Å². The van der Waals surface area contributed by atoms with Gasteiger partial charge < -0.3 is 16.0 Å². The Morgan fingerprint density at radius 1 is 1.30 bits per heavy atom. The fourth-order valence-corrected chi connectivity index (χ4v) is 2.30. The zero-order valence-corrected chi connectivity index (χ0v) is 11.6. The number of primary amides is 1. The van der Waals surface area contributed by atoms with Crippen LogP contribution in [0.4, 0.5) is 5.82 Å². The first-order valence-electron chi connectivity index (χ1n) is 6.89. The van der Waals surface area contributed by atoms with E-state index in [4.69, 9.17) is 5.73 Å². The third-order valence-electron chi connectivity index (χ3n) is 3.45. The van der Waals surface area contributed by atoms with E-state index < -0.39 is 5.91 Å². The van der Waals surface area contributed by atoms with Gasteiger partial charge in [-0.3, -0.25) is 9.59 Å². The predicted molar refractivity (Wildman–Crippen MR) is 76.3 cm³/mol. The second kappa shape index (κ2) is 6.36. The number of nitrogens with zero attached hydrogens (tertiary/aromatic N) is 2. The first kappa shape index (κ1) is 14.3. The van der Waals surface area contributed by atoms with Crippen LogP contribution in [0.1, 0.15) is 36.5 Å². The van der Waals surface area contributed by atoms with Crippen molar-refractivity contribution in [1.82, 2.24) is 9.88 Å². The summed E-state index contributed by atoms with van der Waals surface area (Å²) in [6, 6.07) is 2.91. The van der Waals surface area contributed by atoms with E-state index in [9.17, 15) is 9.59 Å². The van der Waals surface area contributed by atoms with Crippen molar-refractivity contribution >= 4 is 17.6 Å². The number of likely N-dealkylation sites (tertiary alicyclic amines) is 1. The highest BCUT2D eigenvalue weighted by atomic mass is 16.2. The van der Waals surface area contributed by atoms with Crippen LogP contribution < -0.4 is 11.1 Å². The second-order valence-electron chi connectivity index (χ2n) is 5.05. The van der Waals surface area contributed by atoms with E-state index in [1.807, 2.05) is 11.8 Å². The number of nitrogens with one attached hydrogen (secondary N) is 1. The molecule has 6 nitrogen and oxygen atoms in total. The molecule has 0 spiro atoms. The van der Waals surface area contributed by atoms with Crippen molar-refractivity contribution in [2.75, 3.05) is 18.4 Å². The monoisotopic (exact) mass is 276 g/mol. The van der Waals surface area contributed by atoms with Crippen molar-refractivity contribution in [3.05, 3.63) is 23.9 Å². The quantitative estimate of drug-likeness (QED) is 0.858. The minimum Gasteiger partial charge on any atom is -0.366 e. The molecule has 0 saturated carbocycles. The van der Waals surface area contributed by atoms with Crippen LogP contribution in [-0.4, -0.2) is 40.8 Å². The Hall–Kier alpha value is -2.11. The summed E-state index contributed by atoms with van der Waals surface area (Å²) in [6.45, 7) is 3.48. The third kappa shape index (κ3) is 3.46. The predicted octanol–water partition coefficient (Wildman–Crippen LogP) is 0.993.